The van der Waals surface area contributed by atoms with Gasteiger partial charge >= 0.3 is 0 Å². The predicted molar refractivity (Wildman–Crippen MR) is 107 cm³/mol. The fourth-order valence-electron chi connectivity index (χ4n) is 3.00. The van der Waals surface area contributed by atoms with E-state index < -0.39 is 5.91 Å². The Hall–Kier alpha value is -3.44. The van der Waals surface area contributed by atoms with Crippen LogP contribution in [-0.2, 0) is 4.74 Å². The Kier molecular flexibility index (Phi) is 5.14. The average molecular weight is 413 g/mol. The molecule has 1 fully saturated rings. The van der Waals surface area contributed by atoms with Crippen LogP contribution in [0.4, 0.5) is 11.6 Å². The summed E-state index contributed by atoms with van der Waals surface area (Å²) in [5.74, 6) is -0.456. The van der Waals surface area contributed by atoms with Gasteiger partial charge in [-0.1, -0.05) is 29.5 Å². The van der Waals surface area contributed by atoms with Crippen molar-refractivity contribution in [3.05, 3.63) is 52.0 Å². The van der Waals surface area contributed by atoms with Crippen molar-refractivity contribution in [3.63, 3.8) is 0 Å². The SMILES string of the molecule is NC(=O)c1[nH]cnc1N=c1sc(C(=O)N2CCOCC2)c(N)n1-c1ccccc1. The molecule has 1 aliphatic heterocycles. The third kappa shape index (κ3) is 3.65. The molecule has 0 spiro atoms. The summed E-state index contributed by atoms with van der Waals surface area (Å²) >= 11 is 1.13. The zero-order valence-electron chi connectivity index (χ0n) is 15.4. The lowest BCUT2D eigenvalue weighted by atomic mass is 10.3. The van der Waals surface area contributed by atoms with E-state index in [1.807, 2.05) is 30.3 Å². The van der Waals surface area contributed by atoms with Gasteiger partial charge in [0.2, 0.25) is 0 Å². The van der Waals surface area contributed by atoms with E-state index in [0.29, 0.717) is 36.0 Å². The number of amides is 2. The second-order valence-electron chi connectivity index (χ2n) is 6.25. The molecule has 11 heteroatoms. The molecule has 3 aromatic rings. The van der Waals surface area contributed by atoms with Crippen molar-refractivity contribution >= 4 is 34.8 Å². The minimum absolute atomic E-state index is 0.0811. The number of hydrogen-bond acceptors (Lipinski definition) is 7. The van der Waals surface area contributed by atoms with Crippen molar-refractivity contribution in [1.82, 2.24) is 19.4 Å². The highest BCUT2D eigenvalue weighted by atomic mass is 32.1. The number of aromatic nitrogens is 3. The normalized spacial score (nSPS) is 14.9. The van der Waals surface area contributed by atoms with Gasteiger partial charge in [0.05, 0.1) is 19.5 Å². The molecule has 0 unspecified atom stereocenters. The van der Waals surface area contributed by atoms with Gasteiger partial charge in [-0.25, -0.2) is 4.98 Å². The molecule has 0 aliphatic carbocycles. The van der Waals surface area contributed by atoms with Crippen molar-refractivity contribution in [2.75, 3.05) is 32.0 Å². The second-order valence-corrected chi connectivity index (χ2v) is 7.23. The van der Waals surface area contributed by atoms with Crippen LogP contribution in [0.25, 0.3) is 5.69 Å². The first-order chi connectivity index (χ1) is 14.1. The fraction of sp³-hybridized carbons (Fsp3) is 0.222. The monoisotopic (exact) mass is 413 g/mol. The van der Waals surface area contributed by atoms with Crippen molar-refractivity contribution in [3.8, 4) is 5.69 Å². The number of carbonyl (C=O) groups is 2. The number of morpholine rings is 1. The largest absolute Gasteiger partial charge is 0.383 e. The van der Waals surface area contributed by atoms with Crippen LogP contribution in [0, 0.1) is 0 Å². The van der Waals surface area contributed by atoms with Gasteiger partial charge in [-0.3, -0.25) is 14.2 Å². The molecular weight excluding hydrogens is 394 g/mol. The van der Waals surface area contributed by atoms with Gasteiger partial charge in [-0.05, 0) is 12.1 Å². The molecule has 2 aromatic heterocycles. The summed E-state index contributed by atoms with van der Waals surface area (Å²) in [6.45, 7) is 1.97. The van der Waals surface area contributed by atoms with Crippen LogP contribution >= 0.6 is 11.3 Å². The van der Waals surface area contributed by atoms with E-state index in [9.17, 15) is 9.59 Å². The number of benzene rings is 1. The van der Waals surface area contributed by atoms with Gasteiger partial charge in [-0.15, -0.1) is 0 Å². The van der Waals surface area contributed by atoms with E-state index in [0.717, 1.165) is 17.0 Å². The molecule has 1 saturated heterocycles. The highest BCUT2D eigenvalue weighted by Gasteiger charge is 2.25. The lowest BCUT2D eigenvalue weighted by Gasteiger charge is -2.26. The number of carbonyl (C=O) groups excluding carboxylic acids is 2. The van der Waals surface area contributed by atoms with Crippen molar-refractivity contribution in [2.45, 2.75) is 0 Å². The van der Waals surface area contributed by atoms with Gasteiger partial charge in [0.1, 0.15) is 10.7 Å². The Morgan fingerprint density at radius 1 is 1.21 bits per heavy atom. The number of primary amides is 1. The fourth-order valence-corrected chi connectivity index (χ4v) is 4.02. The van der Waals surface area contributed by atoms with Gasteiger partial charge < -0.3 is 26.1 Å². The molecule has 3 heterocycles. The average Bonchev–Trinajstić information content (AvgIpc) is 3.33. The molecule has 150 valence electrons. The Labute approximate surface area is 169 Å². The smallest absolute Gasteiger partial charge is 0.269 e. The molecule has 10 nitrogen and oxygen atoms in total. The molecule has 2 amide bonds. The number of nitrogens with two attached hydrogens (primary N) is 2. The lowest BCUT2D eigenvalue weighted by molar-refractivity contribution is 0.0306. The number of hydrogen-bond donors (Lipinski definition) is 3. The minimum atomic E-state index is -0.679. The molecule has 1 aliphatic rings. The zero-order valence-corrected chi connectivity index (χ0v) is 16.2. The molecule has 0 saturated carbocycles. The zero-order chi connectivity index (χ0) is 20.4. The van der Waals surface area contributed by atoms with Crippen molar-refractivity contribution in [1.29, 1.82) is 0 Å². The highest BCUT2D eigenvalue weighted by Crippen LogP contribution is 2.23. The Morgan fingerprint density at radius 2 is 1.93 bits per heavy atom. The Morgan fingerprint density at radius 3 is 2.62 bits per heavy atom. The number of ether oxygens (including phenoxy) is 1. The van der Waals surface area contributed by atoms with Crippen molar-refractivity contribution < 1.29 is 14.3 Å². The summed E-state index contributed by atoms with van der Waals surface area (Å²) in [6.07, 6.45) is 1.34. The van der Waals surface area contributed by atoms with Gasteiger partial charge in [0.25, 0.3) is 11.8 Å². The molecular formula is C18H19N7O3S. The first-order valence-corrected chi connectivity index (χ1v) is 9.69. The Balaban J connectivity index is 1.87. The van der Waals surface area contributed by atoms with E-state index in [2.05, 4.69) is 15.0 Å². The molecule has 5 N–H and O–H groups in total. The number of para-hydroxylation sites is 1. The van der Waals surface area contributed by atoms with E-state index in [1.165, 1.54) is 6.33 Å². The molecule has 0 bridgehead atoms. The summed E-state index contributed by atoms with van der Waals surface area (Å²) in [7, 11) is 0. The van der Waals surface area contributed by atoms with Crippen molar-refractivity contribution in [2.24, 2.45) is 10.7 Å². The van der Waals surface area contributed by atoms with Crippen LogP contribution in [-0.4, -0.2) is 57.6 Å². The lowest BCUT2D eigenvalue weighted by Crippen LogP contribution is -2.40. The highest BCUT2D eigenvalue weighted by molar-refractivity contribution is 7.12. The summed E-state index contributed by atoms with van der Waals surface area (Å²) in [4.78, 5) is 38.3. The molecule has 29 heavy (non-hydrogen) atoms. The number of nitrogen functional groups attached to an aromatic ring is 1. The molecule has 4 rings (SSSR count). The quantitative estimate of drug-likeness (QED) is 0.575. The van der Waals surface area contributed by atoms with Gasteiger partial charge in [0.15, 0.2) is 16.3 Å². The third-order valence-electron chi connectivity index (χ3n) is 4.43. The number of rotatable bonds is 4. The first kappa shape index (κ1) is 18.9. The maximum Gasteiger partial charge on any atom is 0.269 e. The van der Waals surface area contributed by atoms with Crippen LogP contribution in [0.15, 0.2) is 41.7 Å². The van der Waals surface area contributed by atoms with Gasteiger partial charge in [0, 0.05) is 18.8 Å². The Bertz CT molecular complexity index is 1110. The number of imidazole rings is 1. The van der Waals surface area contributed by atoms with E-state index in [4.69, 9.17) is 16.2 Å². The van der Waals surface area contributed by atoms with Crippen LogP contribution in [0.2, 0.25) is 0 Å². The van der Waals surface area contributed by atoms with E-state index in [1.54, 1.807) is 9.47 Å². The minimum Gasteiger partial charge on any atom is -0.383 e. The van der Waals surface area contributed by atoms with Gasteiger partial charge in [-0.2, -0.15) is 4.99 Å². The van der Waals surface area contributed by atoms with E-state index in [-0.39, 0.29) is 23.2 Å². The molecule has 0 radical (unpaired) electrons. The number of H-pyrrole nitrogens is 1. The number of nitrogens with one attached hydrogen (secondary N) is 1. The maximum atomic E-state index is 13.0. The molecule has 1 aromatic carbocycles. The number of nitrogens with zero attached hydrogens (tertiary/aromatic N) is 4. The standard InChI is InChI=1S/C18H19N7O3S/c19-14-13(17(27)24-6-8-28-9-7-24)29-18(25(14)11-4-2-1-3-5-11)23-16-12(15(20)26)21-10-22-16/h1-5,10H,6-9,19H2,(H2,20,26)(H,21,22). The molecule has 0 atom stereocenters. The maximum absolute atomic E-state index is 13.0. The summed E-state index contributed by atoms with van der Waals surface area (Å²) < 4.78 is 6.98. The number of anilines is 1. The van der Waals surface area contributed by atoms with Crippen LogP contribution in [0.5, 0.6) is 0 Å². The van der Waals surface area contributed by atoms with Crippen LogP contribution < -0.4 is 16.3 Å². The second kappa shape index (κ2) is 7.89. The summed E-state index contributed by atoms with van der Waals surface area (Å²) in [5.41, 5.74) is 12.6. The first-order valence-electron chi connectivity index (χ1n) is 8.88. The third-order valence-corrected chi connectivity index (χ3v) is 5.48. The summed E-state index contributed by atoms with van der Waals surface area (Å²) in [5, 5.41) is 0. The predicted octanol–water partition coefficient (Wildman–Crippen LogP) is 0.648. The number of thiazole rings is 1. The topological polar surface area (TPSA) is 145 Å². The summed E-state index contributed by atoms with van der Waals surface area (Å²) in [6, 6.07) is 9.30. The van der Waals surface area contributed by atoms with Crippen LogP contribution in [0.1, 0.15) is 20.2 Å². The van der Waals surface area contributed by atoms with E-state index >= 15 is 0 Å². The van der Waals surface area contributed by atoms with Crippen LogP contribution in [0.3, 0.4) is 0 Å². The number of aromatic amines is 1.